The second-order valence-corrected chi connectivity index (χ2v) is 9.51. The van der Waals surface area contributed by atoms with Gasteiger partial charge in [-0.1, -0.05) is 26.0 Å². The van der Waals surface area contributed by atoms with Gasteiger partial charge < -0.3 is 19.3 Å². The molecule has 7 heteroatoms. The largest absolute Gasteiger partial charge is 0.508 e. The van der Waals surface area contributed by atoms with Crippen molar-refractivity contribution >= 4 is 0 Å². The van der Waals surface area contributed by atoms with Crippen LogP contribution in [-0.4, -0.2) is 29.1 Å². The number of hydrogen-bond donors (Lipinski definition) is 1. The number of phenolic OH excluding ortho intramolecular Hbond substituents is 1. The molecule has 1 spiro atoms. The number of fused-ring (bicyclic) bond motifs is 2. The van der Waals surface area contributed by atoms with Crippen LogP contribution in [0.25, 0.3) is 0 Å². The van der Waals surface area contributed by atoms with Crippen LogP contribution in [0.1, 0.15) is 58.1 Å². The first-order valence-corrected chi connectivity index (χ1v) is 10.9. The van der Waals surface area contributed by atoms with E-state index < -0.39 is 30.1 Å². The highest BCUT2D eigenvalue weighted by Gasteiger charge is 2.69. The van der Waals surface area contributed by atoms with E-state index in [1.807, 2.05) is 6.92 Å². The van der Waals surface area contributed by atoms with Crippen molar-refractivity contribution in [2.24, 2.45) is 23.7 Å². The summed E-state index contributed by atoms with van der Waals surface area (Å²) in [6, 6.07) is 8.77. The van der Waals surface area contributed by atoms with Crippen LogP contribution in [0.5, 0.6) is 5.75 Å². The average molecular weight is 415 g/mol. The van der Waals surface area contributed by atoms with Gasteiger partial charge in [0, 0.05) is 18.3 Å². The van der Waals surface area contributed by atoms with Gasteiger partial charge in [0.25, 0.3) is 0 Å². The van der Waals surface area contributed by atoms with Gasteiger partial charge in [0.2, 0.25) is 5.79 Å². The summed E-state index contributed by atoms with van der Waals surface area (Å²) in [7, 11) is 0. The van der Waals surface area contributed by atoms with Crippen LogP contribution >= 0.6 is 0 Å². The molecule has 0 amide bonds. The predicted molar refractivity (Wildman–Crippen MR) is 104 cm³/mol. The van der Waals surface area contributed by atoms with Gasteiger partial charge in [-0.2, -0.15) is 5.26 Å². The van der Waals surface area contributed by atoms with Crippen molar-refractivity contribution < 1.29 is 29.1 Å². The lowest BCUT2D eigenvalue weighted by Crippen LogP contribution is -2.70. The summed E-state index contributed by atoms with van der Waals surface area (Å²) in [5.74, 6) is 0.144. The van der Waals surface area contributed by atoms with Crippen molar-refractivity contribution in [1.82, 2.24) is 0 Å². The summed E-state index contributed by atoms with van der Waals surface area (Å²) in [6.07, 6.45) is 1.70. The molecule has 1 N–H and O–H groups in total. The van der Waals surface area contributed by atoms with Crippen molar-refractivity contribution in [3.05, 3.63) is 29.8 Å². The molecule has 9 atom stereocenters. The average Bonchev–Trinajstić information content (AvgIpc) is 2.95. The number of benzene rings is 1. The maximum atomic E-state index is 9.80. The first-order chi connectivity index (χ1) is 14.4. The Kier molecular flexibility index (Phi) is 4.84. The molecule has 4 saturated heterocycles. The summed E-state index contributed by atoms with van der Waals surface area (Å²) >= 11 is 0. The molecule has 3 unspecified atom stereocenters. The van der Waals surface area contributed by atoms with Crippen molar-refractivity contribution in [2.75, 3.05) is 0 Å². The Morgan fingerprint density at radius 3 is 2.80 bits per heavy atom. The number of nitriles is 1. The van der Waals surface area contributed by atoms with Crippen LogP contribution in [0, 0.1) is 35.0 Å². The van der Waals surface area contributed by atoms with Crippen LogP contribution in [0.3, 0.4) is 0 Å². The number of phenols is 1. The molecule has 4 heterocycles. The topological polar surface area (TPSA) is 90.2 Å². The van der Waals surface area contributed by atoms with Crippen LogP contribution < -0.4 is 0 Å². The van der Waals surface area contributed by atoms with Crippen LogP contribution in [-0.2, 0) is 24.0 Å². The zero-order valence-electron chi connectivity index (χ0n) is 17.6. The van der Waals surface area contributed by atoms with E-state index in [4.69, 9.17) is 24.0 Å². The van der Waals surface area contributed by atoms with Gasteiger partial charge in [0.15, 0.2) is 24.3 Å². The highest BCUT2D eigenvalue weighted by Crippen LogP contribution is 2.60. The van der Waals surface area contributed by atoms with E-state index in [0.29, 0.717) is 11.5 Å². The van der Waals surface area contributed by atoms with E-state index in [9.17, 15) is 10.4 Å². The molecule has 5 aliphatic rings. The number of ether oxygens (including phenoxy) is 3. The Morgan fingerprint density at radius 1 is 1.20 bits per heavy atom. The molecule has 30 heavy (non-hydrogen) atoms. The molecule has 6 rings (SSSR count). The summed E-state index contributed by atoms with van der Waals surface area (Å²) in [5, 5.41) is 19.5. The Hall–Kier alpha value is -1.69. The molecule has 1 aromatic carbocycles. The maximum Gasteiger partial charge on any atom is 0.201 e. The predicted octanol–water partition coefficient (Wildman–Crippen LogP) is 4.18. The number of nitrogens with zero attached hydrogens (tertiary/aromatic N) is 1. The van der Waals surface area contributed by atoms with Crippen molar-refractivity contribution in [3.63, 3.8) is 0 Å². The normalized spacial score (nSPS) is 45.8. The Balaban J connectivity index is 1.46. The standard InChI is InChI=1S/C23H29NO6/c1-13-7-8-18-14(2)20(26-19(12-24)15-5-4-6-16(25)11-15)27-21-23(18)17(13)9-10-22(3,28-21)29-30-23/h4-6,11,13-14,17-21,25H,7-10H2,1-3H3/t13-,14-,17?,18?,19?,20+,21-,22+,23-/m1/s1. The first-order valence-electron chi connectivity index (χ1n) is 10.9. The molecule has 0 aromatic heterocycles. The number of aromatic hydroxyl groups is 1. The van der Waals surface area contributed by atoms with Gasteiger partial charge >= 0.3 is 0 Å². The lowest BCUT2D eigenvalue weighted by atomic mass is 9.58. The fraction of sp³-hybridized carbons (Fsp3) is 0.696. The fourth-order valence-corrected chi connectivity index (χ4v) is 6.03. The Bertz CT molecular complexity index is 856. The second kappa shape index (κ2) is 7.18. The van der Waals surface area contributed by atoms with Gasteiger partial charge in [-0.3, -0.25) is 0 Å². The van der Waals surface area contributed by atoms with Gasteiger partial charge in [-0.05, 0) is 55.7 Å². The Morgan fingerprint density at radius 2 is 2.03 bits per heavy atom. The van der Waals surface area contributed by atoms with Crippen LogP contribution in [0.4, 0.5) is 0 Å². The van der Waals surface area contributed by atoms with E-state index in [1.54, 1.807) is 24.3 Å². The SMILES string of the molecule is C[C@@H]1CCC2[C@@H](C)[C@@H](OC(C#N)c3cccc(O)c3)O[C@@H]3O[C@]4(C)CCC1[C@@]23OO4. The molecule has 2 bridgehead atoms. The smallest absolute Gasteiger partial charge is 0.201 e. The molecule has 7 nitrogen and oxygen atoms in total. The summed E-state index contributed by atoms with van der Waals surface area (Å²) in [5.41, 5.74) is -0.0568. The minimum Gasteiger partial charge on any atom is -0.508 e. The third-order valence-corrected chi connectivity index (χ3v) is 7.66. The van der Waals surface area contributed by atoms with Crippen molar-refractivity contribution in [3.8, 4) is 11.8 Å². The minimum absolute atomic E-state index is 0.0148. The summed E-state index contributed by atoms with van der Waals surface area (Å²) in [6.45, 7) is 6.25. The van der Waals surface area contributed by atoms with Gasteiger partial charge in [-0.15, -0.1) is 0 Å². The molecule has 1 aliphatic carbocycles. The molecule has 5 fully saturated rings. The van der Waals surface area contributed by atoms with E-state index in [2.05, 4.69) is 19.9 Å². The lowest BCUT2D eigenvalue weighted by Gasteiger charge is -2.60. The monoisotopic (exact) mass is 415 g/mol. The molecule has 4 aliphatic heterocycles. The quantitative estimate of drug-likeness (QED) is 0.741. The number of hydrogen-bond acceptors (Lipinski definition) is 7. The highest BCUT2D eigenvalue weighted by atomic mass is 17.3. The van der Waals surface area contributed by atoms with E-state index in [-0.39, 0.29) is 23.5 Å². The molecule has 1 saturated carbocycles. The number of rotatable bonds is 3. The fourth-order valence-electron chi connectivity index (χ4n) is 6.03. The van der Waals surface area contributed by atoms with Gasteiger partial charge in [-0.25, -0.2) is 9.78 Å². The van der Waals surface area contributed by atoms with E-state index >= 15 is 0 Å². The molecule has 162 valence electrons. The highest BCUT2D eigenvalue weighted by molar-refractivity contribution is 5.31. The van der Waals surface area contributed by atoms with Crippen LogP contribution in [0.15, 0.2) is 24.3 Å². The van der Waals surface area contributed by atoms with E-state index in [0.717, 1.165) is 25.7 Å². The zero-order valence-corrected chi connectivity index (χ0v) is 17.6. The molecule has 1 aromatic rings. The molecular weight excluding hydrogens is 386 g/mol. The summed E-state index contributed by atoms with van der Waals surface area (Å²) < 4.78 is 18.9. The third-order valence-electron chi connectivity index (χ3n) is 7.66. The van der Waals surface area contributed by atoms with Crippen LogP contribution in [0.2, 0.25) is 0 Å². The first kappa shape index (κ1) is 20.2. The third kappa shape index (κ3) is 2.97. The molecular formula is C23H29NO6. The maximum absolute atomic E-state index is 9.80. The van der Waals surface area contributed by atoms with Crippen molar-refractivity contribution in [1.29, 1.82) is 5.26 Å². The molecule has 0 radical (unpaired) electrons. The van der Waals surface area contributed by atoms with Gasteiger partial charge in [0.1, 0.15) is 5.75 Å². The van der Waals surface area contributed by atoms with E-state index in [1.165, 1.54) is 0 Å². The Labute approximate surface area is 176 Å². The zero-order chi connectivity index (χ0) is 21.1. The second-order valence-electron chi connectivity index (χ2n) is 9.51. The van der Waals surface area contributed by atoms with Gasteiger partial charge in [0.05, 0.1) is 6.07 Å². The lowest BCUT2D eigenvalue weighted by molar-refractivity contribution is -0.578. The minimum atomic E-state index is -0.854. The van der Waals surface area contributed by atoms with Crippen molar-refractivity contribution in [2.45, 2.75) is 76.5 Å². The summed E-state index contributed by atoms with van der Waals surface area (Å²) in [4.78, 5) is 12.0.